The molecule has 0 bridgehead atoms. The molecule has 1 unspecified atom stereocenters. The van der Waals surface area contributed by atoms with Crippen molar-refractivity contribution in [3.8, 4) is 11.8 Å². The maximum absolute atomic E-state index is 12.4. The Hall–Kier alpha value is -2.12. The third kappa shape index (κ3) is 3.21. The van der Waals surface area contributed by atoms with Gasteiger partial charge in [0.05, 0.1) is 34.1 Å². The molecule has 0 fully saturated rings. The van der Waals surface area contributed by atoms with E-state index in [1.54, 1.807) is 25.3 Å². The quantitative estimate of drug-likeness (QED) is 0.859. The molecule has 19 heavy (non-hydrogen) atoms. The molecule has 96 valence electrons. The lowest BCUT2D eigenvalue weighted by Crippen LogP contribution is -2.00. The van der Waals surface area contributed by atoms with E-state index >= 15 is 0 Å². The molecular weight excluding hydrogens is 258 g/mol. The van der Waals surface area contributed by atoms with Crippen molar-refractivity contribution in [2.75, 3.05) is 7.11 Å². The Balaban J connectivity index is 2.30. The number of hydrogen-bond donors (Lipinski definition) is 0. The lowest BCUT2D eigenvalue weighted by Gasteiger charge is -2.07. The van der Waals surface area contributed by atoms with Crippen LogP contribution in [0, 0.1) is 11.3 Å². The van der Waals surface area contributed by atoms with Gasteiger partial charge in [-0.3, -0.25) is 4.21 Å². The molecule has 0 amide bonds. The van der Waals surface area contributed by atoms with E-state index in [2.05, 4.69) is 6.07 Å². The molecule has 1 atom stereocenters. The molecule has 0 aliphatic carbocycles. The molecule has 0 N–H and O–H groups in total. The molecule has 0 spiro atoms. The first-order chi connectivity index (χ1) is 9.24. The van der Waals surface area contributed by atoms with Crippen LogP contribution in [-0.4, -0.2) is 11.3 Å². The lowest BCUT2D eigenvalue weighted by molar-refractivity contribution is 0.413. The average Bonchev–Trinajstić information content (AvgIpc) is 2.47. The normalized spacial score (nSPS) is 11.6. The summed E-state index contributed by atoms with van der Waals surface area (Å²) in [6.45, 7) is 0. The predicted octanol–water partition coefficient (Wildman–Crippen LogP) is 2.87. The van der Waals surface area contributed by atoms with Gasteiger partial charge in [-0.15, -0.1) is 0 Å². The van der Waals surface area contributed by atoms with Crippen molar-refractivity contribution >= 4 is 10.8 Å². The van der Waals surface area contributed by atoms with E-state index in [0.717, 1.165) is 5.56 Å². The first-order valence-corrected chi connectivity index (χ1v) is 7.07. The van der Waals surface area contributed by atoms with Crippen molar-refractivity contribution in [1.29, 1.82) is 5.26 Å². The number of benzene rings is 2. The second kappa shape index (κ2) is 6.17. The van der Waals surface area contributed by atoms with Crippen molar-refractivity contribution in [1.82, 2.24) is 0 Å². The highest BCUT2D eigenvalue weighted by atomic mass is 32.2. The summed E-state index contributed by atoms with van der Waals surface area (Å²) in [6.07, 6.45) is 0. The summed E-state index contributed by atoms with van der Waals surface area (Å²) in [5, 5.41) is 9.07. The van der Waals surface area contributed by atoms with Gasteiger partial charge in [-0.25, -0.2) is 0 Å². The molecule has 0 aromatic heterocycles. The monoisotopic (exact) mass is 271 g/mol. The van der Waals surface area contributed by atoms with Crippen LogP contribution < -0.4 is 4.74 Å². The highest BCUT2D eigenvalue weighted by Gasteiger charge is 2.12. The molecule has 0 radical (unpaired) electrons. The van der Waals surface area contributed by atoms with Gasteiger partial charge in [-0.1, -0.05) is 30.3 Å². The van der Waals surface area contributed by atoms with Gasteiger partial charge in [0.15, 0.2) is 0 Å². The van der Waals surface area contributed by atoms with Gasteiger partial charge >= 0.3 is 0 Å². The van der Waals surface area contributed by atoms with Gasteiger partial charge in [0.1, 0.15) is 11.8 Å². The Labute approximate surface area is 114 Å². The van der Waals surface area contributed by atoms with Crippen molar-refractivity contribution in [3.05, 3.63) is 59.7 Å². The molecule has 0 saturated heterocycles. The van der Waals surface area contributed by atoms with Crippen LogP contribution in [0.1, 0.15) is 11.1 Å². The Bertz CT molecular complexity index is 632. The van der Waals surface area contributed by atoms with Crippen LogP contribution in [-0.2, 0) is 16.6 Å². The maximum Gasteiger partial charge on any atom is 0.120 e. The molecular formula is C15H13NO2S. The Morgan fingerprint density at radius 2 is 1.95 bits per heavy atom. The molecule has 0 saturated carbocycles. The molecule has 3 nitrogen and oxygen atoms in total. The van der Waals surface area contributed by atoms with E-state index in [1.807, 2.05) is 30.3 Å². The van der Waals surface area contributed by atoms with E-state index in [0.29, 0.717) is 22.0 Å². The number of nitrogens with zero attached hydrogens (tertiary/aromatic N) is 1. The summed E-state index contributed by atoms with van der Waals surface area (Å²) in [7, 11) is 0.287. The summed E-state index contributed by atoms with van der Waals surface area (Å²) < 4.78 is 17.5. The predicted molar refractivity (Wildman–Crippen MR) is 74.3 cm³/mol. The highest BCUT2D eigenvalue weighted by Crippen LogP contribution is 2.22. The highest BCUT2D eigenvalue weighted by molar-refractivity contribution is 7.84. The average molecular weight is 271 g/mol. The summed E-state index contributed by atoms with van der Waals surface area (Å²) in [5.41, 5.74) is 1.41. The smallest absolute Gasteiger partial charge is 0.120 e. The molecule has 2 rings (SSSR count). The van der Waals surface area contributed by atoms with Gasteiger partial charge in [-0.2, -0.15) is 5.26 Å². The number of rotatable bonds is 4. The Kier molecular flexibility index (Phi) is 4.32. The fourth-order valence-corrected chi connectivity index (χ4v) is 2.97. The van der Waals surface area contributed by atoms with Crippen LogP contribution in [0.5, 0.6) is 5.75 Å². The van der Waals surface area contributed by atoms with Crippen molar-refractivity contribution in [3.63, 3.8) is 0 Å². The summed E-state index contributed by atoms with van der Waals surface area (Å²) >= 11 is 0. The van der Waals surface area contributed by atoms with Crippen LogP contribution in [0.4, 0.5) is 0 Å². The third-order valence-electron chi connectivity index (χ3n) is 2.70. The second-order valence-electron chi connectivity index (χ2n) is 3.95. The fraction of sp³-hybridized carbons (Fsp3) is 0.133. The minimum absolute atomic E-state index is 0.392. The SMILES string of the molecule is COc1ccc(C#N)c(S(=O)Cc2ccccc2)c1. The molecule has 0 aliphatic rings. The Morgan fingerprint density at radius 3 is 2.58 bits per heavy atom. The van der Waals surface area contributed by atoms with Gasteiger partial charge in [0.2, 0.25) is 0 Å². The maximum atomic E-state index is 12.4. The van der Waals surface area contributed by atoms with E-state index in [9.17, 15) is 4.21 Å². The minimum Gasteiger partial charge on any atom is -0.497 e. The lowest BCUT2D eigenvalue weighted by atomic mass is 10.2. The molecule has 0 aliphatic heterocycles. The van der Waals surface area contributed by atoms with E-state index < -0.39 is 10.8 Å². The van der Waals surface area contributed by atoms with E-state index in [1.165, 1.54) is 0 Å². The first-order valence-electron chi connectivity index (χ1n) is 5.75. The van der Waals surface area contributed by atoms with Gasteiger partial charge in [-0.05, 0) is 23.8 Å². The van der Waals surface area contributed by atoms with Crippen LogP contribution >= 0.6 is 0 Å². The van der Waals surface area contributed by atoms with Crippen molar-refractivity contribution in [2.24, 2.45) is 0 Å². The van der Waals surface area contributed by atoms with Crippen LogP contribution in [0.2, 0.25) is 0 Å². The van der Waals surface area contributed by atoms with Gasteiger partial charge < -0.3 is 4.74 Å². The molecule has 4 heteroatoms. The summed E-state index contributed by atoms with van der Waals surface area (Å²) in [6, 6.07) is 16.6. The topological polar surface area (TPSA) is 50.1 Å². The number of methoxy groups -OCH3 is 1. The van der Waals surface area contributed by atoms with Gasteiger partial charge in [0, 0.05) is 0 Å². The van der Waals surface area contributed by atoms with Crippen molar-refractivity contribution in [2.45, 2.75) is 10.6 Å². The van der Waals surface area contributed by atoms with Crippen molar-refractivity contribution < 1.29 is 8.95 Å². The molecule has 2 aromatic carbocycles. The minimum atomic E-state index is -1.26. The van der Waals surface area contributed by atoms with Crippen LogP contribution in [0.3, 0.4) is 0 Å². The first kappa shape index (κ1) is 13.3. The van der Waals surface area contributed by atoms with E-state index in [-0.39, 0.29) is 0 Å². The second-order valence-corrected chi connectivity index (χ2v) is 5.37. The number of ether oxygens (including phenoxy) is 1. The number of nitriles is 1. The standard InChI is InChI=1S/C15H13NO2S/c1-18-14-8-7-13(10-16)15(9-14)19(17)11-12-5-3-2-4-6-12/h2-9H,11H2,1H3. The third-order valence-corrected chi connectivity index (χ3v) is 4.12. The molecule has 2 aromatic rings. The fourth-order valence-electron chi connectivity index (χ4n) is 1.71. The molecule has 0 heterocycles. The Morgan fingerprint density at radius 1 is 1.21 bits per heavy atom. The largest absolute Gasteiger partial charge is 0.497 e. The van der Waals surface area contributed by atoms with Gasteiger partial charge in [0.25, 0.3) is 0 Å². The zero-order chi connectivity index (χ0) is 13.7. The zero-order valence-electron chi connectivity index (χ0n) is 10.5. The zero-order valence-corrected chi connectivity index (χ0v) is 11.3. The summed E-state index contributed by atoms with van der Waals surface area (Å²) in [4.78, 5) is 0.519. The van der Waals surface area contributed by atoms with E-state index in [4.69, 9.17) is 10.00 Å². The number of hydrogen-bond acceptors (Lipinski definition) is 3. The van der Waals surface area contributed by atoms with Crippen LogP contribution in [0.15, 0.2) is 53.4 Å². The summed E-state index contributed by atoms with van der Waals surface area (Å²) in [5.74, 6) is 0.998. The van der Waals surface area contributed by atoms with Crippen LogP contribution in [0.25, 0.3) is 0 Å².